The molecule has 3 rings (SSSR count). The maximum absolute atomic E-state index is 5.90. The van der Waals surface area contributed by atoms with E-state index in [0.717, 1.165) is 17.7 Å². The summed E-state index contributed by atoms with van der Waals surface area (Å²) in [6, 6.07) is 12.4. The molecule has 2 aromatic carbocycles. The van der Waals surface area contributed by atoms with Gasteiger partial charge in [-0.1, -0.05) is 37.3 Å². The van der Waals surface area contributed by atoms with Gasteiger partial charge in [-0.05, 0) is 35.5 Å². The molecule has 0 unspecified atom stereocenters. The summed E-state index contributed by atoms with van der Waals surface area (Å²) in [7, 11) is 0. The van der Waals surface area contributed by atoms with Crippen LogP contribution >= 0.6 is 12.2 Å². The molecule has 0 saturated heterocycles. The number of hydrogen-bond donors (Lipinski definition) is 2. The summed E-state index contributed by atoms with van der Waals surface area (Å²) in [5.74, 6) is 0.906. The van der Waals surface area contributed by atoms with Gasteiger partial charge in [0.05, 0.1) is 13.2 Å². The van der Waals surface area contributed by atoms with Gasteiger partial charge in [0.15, 0.2) is 0 Å². The smallest absolute Gasteiger partial charge is 0.214 e. The fraction of sp³-hybridized carbons (Fsp3) is 0.250. The Labute approximate surface area is 133 Å². The maximum atomic E-state index is 5.90. The van der Waals surface area contributed by atoms with Gasteiger partial charge in [-0.15, -0.1) is 0 Å². The average molecular weight is 314 g/mol. The van der Waals surface area contributed by atoms with Gasteiger partial charge in [-0.3, -0.25) is 5.10 Å². The molecule has 0 aliphatic rings. The standard InChI is InChI=1S/C16H18N4OS/c1-2-9-21-15-8-7-12-5-3-4-6-13(12)14(15)10-18-20-11-17-19-16(20)22/h3-8,11,18H,2,9-10H2,1H3,(H,19,22). The Morgan fingerprint density at radius 3 is 2.91 bits per heavy atom. The van der Waals surface area contributed by atoms with Crippen molar-refractivity contribution in [1.29, 1.82) is 0 Å². The first-order valence-corrected chi connectivity index (χ1v) is 7.69. The highest BCUT2D eigenvalue weighted by atomic mass is 32.1. The molecule has 0 fully saturated rings. The van der Waals surface area contributed by atoms with Crippen LogP contribution in [0.4, 0.5) is 0 Å². The van der Waals surface area contributed by atoms with Crippen molar-refractivity contribution in [2.75, 3.05) is 12.0 Å². The Morgan fingerprint density at radius 2 is 2.14 bits per heavy atom. The molecular weight excluding hydrogens is 296 g/mol. The molecule has 0 amide bonds. The molecule has 0 saturated carbocycles. The lowest BCUT2D eigenvalue weighted by molar-refractivity contribution is 0.315. The van der Waals surface area contributed by atoms with E-state index in [9.17, 15) is 0 Å². The molecule has 1 aromatic heterocycles. The zero-order valence-corrected chi connectivity index (χ0v) is 13.2. The first kappa shape index (κ1) is 14.6. The van der Waals surface area contributed by atoms with Crippen LogP contribution < -0.4 is 10.2 Å². The number of rotatable bonds is 6. The lowest BCUT2D eigenvalue weighted by Crippen LogP contribution is -2.14. The highest BCUT2D eigenvalue weighted by Gasteiger charge is 2.09. The van der Waals surface area contributed by atoms with Crippen LogP contribution in [0.15, 0.2) is 42.7 Å². The third-order valence-corrected chi connectivity index (χ3v) is 3.73. The minimum Gasteiger partial charge on any atom is -0.493 e. The van der Waals surface area contributed by atoms with Crippen molar-refractivity contribution in [2.24, 2.45) is 0 Å². The number of benzene rings is 2. The monoisotopic (exact) mass is 314 g/mol. The number of ether oxygens (including phenoxy) is 1. The Balaban J connectivity index is 1.96. The number of aromatic nitrogens is 3. The number of nitrogens with one attached hydrogen (secondary N) is 2. The molecule has 114 valence electrons. The minimum atomic E-state index is 0.538. The van der Waals surface area contributed by atoms with Gasteiger partial charge in [0, 0.05) is 5.56 Å². The second-order valence-corrected chi connectivity index (χ2v) is 5.36. The number of hydrogen-bond acceptors (Lipinski definition) is 4. The van der Waals surface area contributed by atoms with Crippen molar-refractivity contribution in [1.82, 2.24) is 14.9 Å². The van der Waals surface area contributed by atoms with Crippen molar-refractivity contribution in [3.8, 4) is 5.75 Å². The number of fused-ring (bicyclic) bond motifs is 1. The van der Waals surface area contributed by atoms with Crippen LogP contribution in [-0.4, -0.2) is 21.5 Å². The molecule has 1 heterocycles. The summed E-state index contributed by atoms with van der Waals surface area (Å²) in [6.07, 6.45) is 2.60. The van der Waals surface area contributed by atoms with E-state index in [1.165, 1.54) is 10.8 Å². The van der Waals surface area contributed by atoms with Gasteiger partial charge in [0.1, 0.15) is 12.1 Å². The average Bonchev–Trinajstić information content (AvgIpc) is 2.96. The van der Waals surface area contributed by atoms with Crippen molar-refractivity contribution >= 4 is 23.0 Å². The molecule has 0 aliphatic carbocycles. The van der Waals surface area contributed by atoms with Crippen LogP contribution in [-0.2, 0) is 6.54 Å². The molecule has 0 atom stereocenters. The predicted octanol–water partition coefficient (Wildman–Crippen LogP) is 3.63. The summed E-state index contributed by atoms with van der Waals surface area (Å²) in [5.41, 5.74) is 4.38. The molecule has 0 radical (unpaired) electrons. The van der Waals surface area contributed by atoms with Crippen molar-refractivity contribution in [2.45, 2.75) is 19.9 Å². The summed E-state index contributed by atoms with van der Waals surface area (Å²) in [4.78, 5) is 0. The molecule has 0 aliphatic heterocycles. The first-order chi connectivity index (χ1) is 10.8. The lowest BCUT2D eigenvalue weighted by atomic mass is 10.0. The summed E-state index contributed by atoms with van der Waals surface area (Å²) >= 11 is 5.15. The van der Waals surface area contributed by atoms with E-state index < -0.39 is 0 Å². The van der Waals surface area contributed by atoms with Gasteiger partial charge >= 0.3 is 0 Å². The summed E-state index contributed by atoms with van der Waals surface area (Å²) in [6.45, 7) is 3.41. The Bertz CT molecular complexity index is 824. The highest BCUT2D eigenvalue weighted by Crippen LogP contribution is 2.28. The van der Waals surface area contributed by atoms with Crippen LogP contribution in [0.3, 0.4) is 0 Å². The predicted molar refractivity (Wildman–Crippen MR) is 90.2 cm³/mol. The summed E-state index contributed by atoms with van der Waals surface area (Å²) in [5, 5.41) is 9.01. The lowest BCUT2D eigenvalue weighted by Gasteiger charge is -2.15. The van der Waals surface area contributed by atoms with E-state index in [-0.39, 0.29) is 0 Å². The van der Waals surface area contributed by atoms with Gasteiger partial charge < -0.3 is 10.2 Å². The van der Waals surface area contributed by atoms with Gasteiger partial charge in [-0.2, -0.15) is 5.10 Å². The van der Waals surface area contributed by atoms with E-state index in [4.69, 9.17) is 17.0 Å². The molecule has 5 nitrogen and oxygen atoms in total. The van der Waals surface area contributed by atoms with Gasteiger partial charge in [0.2, 0.25) is 4.77 Å². The number of H-pyrrole nitrogens is 1. The largest absolute Gasteiger partial charge is 0.493 e. The third kappa shape index (κ3) is 2.96. The molecule has 6 heteroatoms. The second kappa shape index (κ2) is 6.62. The number of aromatic amines is 1. The van der Waals surface area contributed by atoms with Crippen molar-refractivity contribution < 1.29 is 4.74 Å². The Hall–Kier alpha value is -2.34. The van der Waals surface area contributed by atoms with E-state index in [1.807, 2.05) is 18.2 Å². The topological polar surface area (TPSA) is 54.9 Å². The Kier molecular flexibility index (Phi) is 4.39. The Morgan fingerprint density at radius 1 is 1.27 bits per heavy atom. The summed E-state index contributed by atoms with van der Waals surface area (Å²) < 4.78 is 8.13. The zero-order chi connectivity index (χ0) is 15.4. The second-order valence-electron chi connectivity index (χ2n) is 4.98. The molecular formula is C16H18N4OS. The van der Waals surface area contributed by atoms with Crippen LogP contribution in [0, 0.1) is 4.77 Å². The first-order valence-electron chi connectivity index (χ1n) is 7.29. The molecule has 2 N–H and O–H groups in total. The molecule has 0 spiro atoms. The number of nitrogens with zero attached hydrogens (tertiary/aromatic N) is 2. The fourth-order valence-electron chi connectivity index (χ4n) is 2.37. The van der Waals surface area contributed by atoms with Gasteiger partial charge in [0.25, 0.3) is 0 Å². The highest BCUT2D eigenvalue weighted by molar-refractivity contribution is 7.71. The normalized spacial score (nSPS) is 10.8. The van der Waals surface area contributed by atoms with E-state index >= 15 is 0 Å². The van der Waals surface area contributed by atoms with Crippen LogP contribution in [0.5, 0.6) is 5.75 Å². The fourth-order valence-corrected chi connectivity index (χ4v) is 2.53. The molecule has 0 bridgehead atoms. The van der Waals surface area contributed by atoms with Crippen LogP contribution in [0.2, 0.25) is 0 Å². The minimum absolute atomic E-state index is 0.538. The van der Waals surface area contributed by atoms with E-state index in [0.29, 0.717) is 17.9 Å². The third-order valence-electron chi connectivity index (χ3n) is 3.44. The van der Waals surface area contributed by atoms with Crippen LogP contribution in [0.25, 0.3) is 10.8 Å². The zero-order valence-electron chi connectivity index (χ0n) is 12.4. The quantitative estimate of drug-likeness (QED) is 0.682. The van der Waals surface area contributed by atoms with Crippen molar-refractivity contribution in [3.63, 3.8) is 0 Å². The maximum Gasteiger partial charge on any atom is 0.214 e. The molecule has 3 aromatic rings. The molecule has 22 heavy (non-hydrogen) atoms. The van der Waals surface area contributed by atoms with Crippen LogP contribution in [0.1, 0.15) is 18.9 Å². The van der Waals surface area contributed by atoms with E-state index in [2.05, 4.69) is 40.7 Å². The van der Waals surface area contributed by atoms with Gasteiger partial charge in [-0.25, -0.2) is 4.68 Å². The van der Waals surface area contributed by atoms with Crippen molar-refractivity contribution in [3.05, 3.63) is 53.1 Å². The van der Waals surface area contributed by atoms with E-state index in [1.54, 1.807) is 11.0 Å². The SMILES string of the molecule is CCCOc1ccc2ccccc2c1CNn1cn[nH]c1=S.